The molecule has 0 bridgehead atoms. The average Bonchev–Trinajstić information content (AvgIpc) is 2.71. The molecule has 0 aliphatic heterocycles. The molecule has 6 heteroatoms. The van der Waals surface area contributed by atoms with Gasteiger partial charge in [0.2, 0.25) is 0 Å². The van der Waals surface area contributed by atoms with Gasteiger partial charge in [0.25, 0.3) is 5.75 Å². The van der Waals surface area contributed by atoms with Gasteiger partial charge in [-0.3, -0.25) is 0 Å². The summed E-state index contributed by atoms with van der Waals surface area (Å²) in [4.78, 5) is 24.5. The molecule has 28 heavy (non-hydrogen) atoms. The first kappa shape index (κ1) is 19.2. The summed E-state index contributed by atoms with van der Waals surface area (Å²) in [6.45, 7) is 2.42. The lowest BCUT2D eigenvalue weighted by molar-refractivity contribution is 0.0723. The van der Waals surface area contributed by atoms with Crippen molar-refractivity contribution in [1.82, 2.24) is 0 Å². The van der Waals surface area contributed by atoms with Crippen LogP contribution in [0.4, 0.5) is 0 Å². The van der Waals surface area contributed by atoms with E-state index in [1.807, 2.05) is 19.1 Å². The van der Waals surface area contributed by atoms with E-state index in [2.05, 4.69) is 0 Å². The zero-order valence-corrected chi connectivity index (χ0v) is 15.4. The second-order valence-electron chi connectivity index (χ2n) is 5.97. The van der Waals surface area contributed by atoms with Gasteiger partial charge in [0, 0.05) is 0 Å². The number of ether oxygens (including phenoxy) is 2. The van der Waals surface area contributed by atoms with Gasteiger partial charge in [-0.25, -0.2) is 9.59 Å². The predicted octanol–water partition coefficient (Wildman–Crippen LogP) is 4.45. The summed E-state index contributed by atoms with van der Waals surface area (Å²) in [5.74, 6) is -1.50. The lowest BCUT2D eigenvalue weighted by atomic mass is 10.2. The highest BCUT2D eigenvalue weighted by Gasteiger charge is 2.22. The van der Waals surface area contributed by atoms with Crippen molar-refractivity contribution in [3.8, 4) is 17.2 Å². The molecule has 0 radical (unpaired) electrons. The molecular weight excluding hydrogens is 360 g/mol. The van der Waals surface area contributed by atoms with Crippen LogP contribution in [-0.2, 0) is 0 Å². The molecule has 0 amide bonds. The first-order valence-electron chi connectivity index (χ1n) is 8.95. The Hall–Kier alpha value is -3.54. The molecule has 1 aromatic heterocycles. The molecule has 3 rings (SSSR count). The number of rotatable bonds is 7. The van der Waals surface area contributed by atoms with Gasteiger partial charge in [0.1, 0.15) is 16.7 Å². The van der Waals surface area contributed by atoms with Crippen LogP contribution in [0.3, 0.4) is 0 Å². The van der Waals surface area contributed by atoms with Crippen LogP contribution in [0.25, 0.3) is 11.0 Å². The third kappa shape index (κ3) is 4.23. The summed E-state index contributed by atoms with van der Waals surface area (Å²) >= 11 is 0. The van der Waals surface area contributed by atoms with Gasteiger partial charge in [-0.05, 0) is 37.1 Å². The number of allylic oxidation sites excluding steroid dienone is 1. The number of carbonyl (C=O) groups is 1. The van der Waals surface area contributed by atoms with E-state index < -0.39 is 23.1 Å². The van der Waals surface area contributed by atoms with E-state index in [0.717, 1.165) is 6.42 Å². The van der Waals surface area contributed by atoms with E-state index in [9.17, 15) is 14.7 Å². The second kappa shape index (κ2) is 8.90. The van der Waals surface area contributed by atoms with Crippen LogP contribution in [0.1, 0.15) is 30.1 Å². The van der Waals surface area contributed by atoms with E-state index in [0.29, 0.717) is 18.8 Å². The van der Waals surface area contributed by atoms with Gasteiger partial charge in [0.05, 0.1) is 12.2 Å². The van der Waals surface area contributed by atoms with Crippen LogP contribution < -0.4 is 15.1 Å². The van der Waals surface area contributed by atoms with Gasteiger partial charge in [-0.2, -0.15) is 0 Å². The van der Waals surface area contributed by atoms with Crippen molar-refractivity contribution in [2.24, 2.45) is 0 Å². The summed E-state index contributed by atoms with van der Waals surface area (Å²) in [5, 5.41) is 10.8. The molecule has 1 N–H and O–H groups in total. The maximum absolute atomic E-state index is 12.3. The predicted molar refractivity (Wildman–Crippen MR) is 105 cm³/mol. The normalized spacial score (nSPS) is 11.0. The summed E-state index contributed by atoms with van der Waals surface area (Å²) in [6, 6.07) is 13.0. The lowest BCUT2D eigenvalue weighted by Crippen LogP contribution is -2.14. The Bertz CT molecular complexity index is 1050. The van der Waals surface area contributed by atoms with Crippen molar-refractivity contribution < 1.29 is 23.8 Å². The van der Waals surface area contributed by atoms with Crippen LogP contribution in [-0.4, -0.2) is 17.7 Å². The minimum atomic E-state index is -0.947. The molecule has 0 aliphatic rings. The fraction of sp³-hybridized carbons (Fsp3) is 0.182. The third-order valence-corrected chi connectivity index (χ3v) is 3.98. The molecule has 144 valence electrons. The molecule has 2 aromatic carbocycles. The number of benzene rings is 2. The number of hydrogen-bond donors (Lipinski definition) is 1. The Labute approximate surface area is 161 Å². The molecular formula is C22H20O6. The Morgan fingerprint density at radius 2 is 1.89 bits per heavy atom. The molecule has 0 saturated heterocycles. The van der Waals surface area contributed by atoms with Gasteiger partial charge in [-0.15, -0.1) is 0 Å². The molecule has 0 spiro atoms. The Morgan fingerprint density at radius 3 is 2.64 bits per heavy atom. The van der Waals surface area contributed by atoms with Crippen molar-refractivity contribution in [2.75, 3.05) is 6.61 Å². The maximum Gasteiger partial charge on any atom is 0.383 e. The molecule has 1 heterocycles. The molecule has 0 atom stereocenters. The molecule has 6 nitrogen and oxygen atoms in total. The van der Waals surface area contributed by atoms with Crippen molar-refractivity contribution >= 4 is 16.9 Å². The number of fused-ring (bicyclic) bond motifs is 1. The first-order valence-corrected chi connectivity index (χ1v) is 8.95. The van der Waals surface area contributed by atoms with E-state index in [1.165, 1.54) is 6.07 Å². The first-order chi connectivity index (χ1) is 13.6. The molecule has 0 unspecified atom stereocenters. The molecule has 3 aromatic rings. The molecule has 0 saturated carbocycles. The van der Waals surface area contributed by atoms with Gasteiger partial charge in [-0.1, -0.05) is 43.3 Å². The fourth-order valence-electron chi connectivity index (χ4n) is 2.64. The Balaban J connectivity index is 1.93. The van der Waals surface area contributed by atoms with Crippen LogP contribution >= 0.6 is 0 Å². The minimum absolute atomic E-state index is 0.142. The monoisotopic (exact) mass is 380 g/mol. The highest BCUT2D eigenvalue weighted by atomic mass is 16.6. The van der Waals surface area contributed by atoms with E-state index in [4.69, 9.17) is 13.9 Å². The molecule has 0 aliphatic carbocycles. The quantitative estimate of drug-likeness (QED) is 0.282. The average molecular weight is 380 g/mol. The number of carbonyl (C=O) groups excluding carboxylic acids is 1. The highest BCUT2D eigenvalue weighted by molar-refractivity contribution is 5.94. The van der Waals surface area contributed by atoms with Gasteiger partial charge in [0.15, 0.2) is 5.75 Å². The second-order valence-corrected chi connectivity index (χ2v) is 5.97. The summed E-state index contributed by atoms with van der Waals surface area (Å²) in [7, 11) is 0. The highest BCUT2D eigenvalue weighted by Crippen LogP contribution is 2.38. The number of aromatic hydroxyl groups is 1. The Kier molecular flexibility index (Phi) is 6.11. The zero-order valence-electron chi connectivity index (χ0n) is 15.4. The van der Waals surface area contributed by atoms with Crippen LogP contribution in [0.5, 0.6) is 17.2 Å². The summed E-state index contributed by atoms with van der Waals surface area (Å²) < 4.78 is 16.0. The van der Waals surface area contributed by atoms with Crippen molar-refractivity contribution in [3.63, 3.8) is 0 Å². The van der Waals surface area contributed by atoms with Crippen LogP contribution in [0.15, 0.2) is 69.9 Å². The van der Waals surface area contributed by atoms with Crippen molar-refractivity contribution in [3.05, 3.63) is 76.7 Å². The van der Waals surface area contributed by atoms with Crippen LogP contribution in [0, 0.1) is 0 Å². The minimum Gasteiger partial charge on any atom is -0.503 e. The van der Waals surface area contributed by atoms with Gasteiger partial charge < -0.3 is 19.0 Å². The standard InChI is InChI=1S/C22H20O6/c1-2-3-4-8-14-26-16-12-9-13-17-18(16)19(23)20(22(25)27-17)28-21(24)15-10-6-5-7-11-15/h3-7,9-13,23H,2,8,14H2,1H3/b4-3+. The zero-order chi connectivity index (χ0) is 19.9. The smallest absolute Gasteiger partial charge is 0.383 e. The van der Waals surface area contributed by atoms with E-state index in [-0.39, 0.29) is 16.5 Å². The van der Waals surface area contributed by atoms with Gasteiger partial charge >= 0.3 is 11.6 Å². The largest absolute Gasteiger partial charge is 0.503 e. The SMILES string of the molecule is CC/C=C/CCOc1cccc2oc(=O)c(OC(=O)c3ccccc3)c(O)c12. The summed E-state index contributed by atoms with van der Waals surface area (Å²) in [5.41, 5.74) is -0.561. The molecule has 0 fully saturated rings. The summed E-state index contributed by atoms with van der Waals surface area (Å²) in [6.07, 6.45) is 5.66. The van der Waals surface area contributed by atoms with Crippen molar-refractivity contribution in [2.45, 2.75) is 19.8 Å². The number of hydrogen-bond acceptors (Lipinski definition) is 6. The van der Waals surface area contributed by atoms with Crippen LogP contribution in [0.2, 0.25) is 0 Å². The lowest BCUT2D eigenvalue weighted by Gasteiger charge is -2.11. The topological polar surface area (TPSA) is 86.0 Å². The van der Waals surface area contributed by atoms with Crippen molar-refractivity contribution in [1.29, 1.82) is 0 Å². The fourth-order valence-corrected chi connectivity index (χ4v) is 2.64. The van der Waals surface area contributed by atoms with E-state index >= 15 is 0 Å². The number of esters is 1. The third-order valence-electron chi connectivity index (χ3n) is 3.98. The van der Waals surface area contributed by atoms with E-state index in [1.54, 1.807) is 42.5 Å². The maximum atomic E-state index is 12.3. The Morgan fingerprint density at radius 1 is 1.11 bits per heavy atom.